The molecule has 6 nitrogen and oxygen atoms in total. The van der Waals surface area contributed by atoms with E-state index in [1.54, 1.807) is 6.07 Å². The number of amides is 1. The first-order chi connectivity index (χ1) is 17.0. The number of aliphatic imine (C=N–C) groups is 1. The van der Waals surface area contributed by atoms with Gasteiger partial charge < -0.3 is 15.0 Å². The van der Waals surface area contributed by atoms with Crippen LogP contribution < -0.4 is 10.1 Å². The lowest BCUT2D eigenvalue weighted by Gasteiger charge is -2.30. The Kier molecular flexibility index (Phi) is 9.24. The van der Waals surface area contributed by atoms with E-state index in [1.807, 2.05) is 12.3 Å². The molecule has 1 aromatic heterocycles. The van der Waals surface area contributed by atoms with Crippen molar-refractivity contribution in [2.45, 2.75) is 83.2 Å². The van der Waals surface area contributed by atoms with E-state index in [9.17, 15) is 13.6 Å². The highest BCUT2D eigenvalue weighted by Gasteiger charge is 2.24. The molecule has 0 saturated heterocycles. The van der Waals surface area contributed by atoms with Gasteiger partial charge in [-0.15, -0.1) is 0 Å². The van der Waals surface area contributed by atoms with E-state index in [0.717, 1.165) is 75.8 Å². The minimum absolute atomic E-state index is 0.114. The number of halogens is 2. The molecule has 1 fully saturated rings. The number of aromatic nitrogens is 1. The number of nitrogens with zero attached hydrogens (tertiary/aromatic N) is 3. The summed E-state index contributed by atoms with van der Waals surface area (Å²) < 4.78 is 29.9. The van der Waals surface area contributed by atoms with E-state index in [4.69, 9.17) is 4.74 Å². The molecular formula is C27H38F2N4O2. The average molecular weight is 489 g/mol. The molecule has 8 heteroatoms. The molecule has 35 heavy (non-hydrogen) atoms. The second kappa shape index (κ2) is 12.6. The molecule has 3 heterocycles. The first kappa shape index (κ1) is 25.7. The summed E-state index contributed by atoms with van der Waals surface area (Å²) in [6.45, 7) is 4.49. The molecule has 3 aliphatic rings. The molecule has 1 aliphatic carbocycles. The monoisotopic (exact) mass is 488 g/mol. The van der Waals surface area contributed by atoms with Crippen LogP contribution in [0.25, 0.3) is 0 Å². The molecule has 1 amide bonds. The molecule has 0 radical (unpaired) electrons. The van der Waals surface area contributed by atoms with Crippen molar-refractivity contribution in [1.82, 2.24) is 15.2 Å². The summed E-state index contributed by atoms with van der Waals surface area (Å²) in [6, 6.07) is 4.21. The second-order valence-corrected chi connectivity index (χ2v) is 10.0. The lowest BCUT2D eigenvalue weighted by Crippen LogP contribution is -2.38. The van der Waals surface area contributed by atoms with Crippen LogP contribution in [-0.2, 0) is 17.6 Å². The van der Waals surface area contributed by atoms with Gasteiger partial charge in [0.2, 0.25) is 11.8 Å². The molecule has 2 aliphatic heterocycles. The highest BCUT2D eigenvalue weighted by molar-refractivity contribution is 5.91. The Balaban J connectivity index is 1.14. The first-order valence-corrected chi connectivity index (χ1v) is 13.1. The minimum atomic E-state index is -2.49. The Morgan fingerprint density at radius 2 is 2.00 bits per heavy atom. The van der Waals surface area contributed by atoms with Gasteiger partial charge in [-0.3, -0.25) is 9.79 Å². The van der Waals surface area contributed by atoms with Crippen molar-refractivity contribution in [2.75, 3.05) is 26.2 Å². The molecule has 1 N–H and O–H groups in total. The third kappa shape index (κ3) is 7.82. The summed E-state index contributed by atoms with van der Waals surface area (Å²) in [5, 5.41) is 3.23. The highest BCUT2D eigenvalue weighted by Crippen LogP contribution is 2.28. The van der Waals surface area contributed by atoms with Gasteiger partial charge >= 0.3 is 0 Å². The first-order valence-electron chi connectivity index (χ1n) is 13.1. The van der Waals surface area contributed by atoms with Crippen LogP contribution in [0.3, 0.4) is 0 Å². The van der Waals surface area contributed by atoms with E-state index in [-0.39, 0.29) is 11.9 Å². The minimum Gasteiger partial charge on any atom is -0.472 e. The number of carbonyl (C=O) groups excluding carboxylic acids is 1. The van der Waals surface area contributed by atoms with Crippen LogP contribution in [0.1, 0.15) is 63.1 Å². The normalized spacial score (nSPS) is 24.7. The average Bonchev–Trinajstić information content (AvgIpc) is 3.20. The number of nitrogens with one attached hydrogen (secondary N) is 1. The maximum absolute atomic E-state index is 12.4. The topological polar surface area (TPSA) is 66.8 Å². The molecule has 0 aromatic carbocycles. The van der Waals surface area contributed by atoms with Crippen LogP contribution in [0.2, 0.25) is 0 Å². The number of ether oxygens (including phenoxy) is 1. The Hall–Kier alpha value is -2.35. The number of rotatable bonds is 10. The smallest absolute Gasteiger partial charge is 0.272 e. The van der Waals surface area contributed by atoms with E-state index in [0.29, 0.717) is 24.3 Å². The maximum atomic E-state index is 12.4. The van der Waals surface area contributed by atoms with Crippen molar-refractivity contribution in [3.63, 3.8) is 0 Å². The Labute approximate surface area is 207 Å². The standard InChI is InChI=1S/C27H38F2N4O2/c1-2-22-15-20(17-30-22)16-26(34)31-23-6-3-19(4-7-23)9-12-33-13-10-21-5-8-27(35-18-25(28)29)32-24(21)11-14-33/h5,8,15,17,19,22-23,25H,2-4,6-7,9-14,16,18H2,1H3,(H,31,34). The molecule has 0 spiro atoms. The lowest BCUT2D eigenvalue weighted by atomic mass is 9.84. The summed E-state index contributed by atoms with van der Waals surface area (Å²) in [4.78, 5) is 23.8. The number of fused-ring (bicyclic) bond motifs is 1. The van der Waals surface area contributed by atoms with Gasteiger partial charge in [-0.25, -0.2) is 13.8 Å². The Bertz CT molecular complexity index is 912. The SMILES string of the molecule is CCC1C=C(CC(=O)NC2CCC(CCN3CCc4ccc(OCC(F)F)nc4CC3)CC2)C=N1. The van der Waals surface area contributed by atoms with Gasteiger partial charge in [-0.05, 0) is 68.5 Å². The van der Waals surface area contributed by atoms with Gasteiger partial charge in [0.15, 0.2) is 6.61 Å². The molecule has 1 saturated carbocycles. The second-order valence-electron chi connectivity index (χ2n) is 10.0. The third-order valence-corrected chi connectivity index (χ3v) is 7.45. The van der Waals surface area contributed by atoms with E-state index >= 15 is 0 Å². The lowest BCUT2D eigenvalue weighted by molar-refractivity contribution is -0.121. The molecule has 0 bridgehead atoms. The van der Waals surface area contributed by atoms with Gasteiger partial charge in [0.1, 0.15) is 0 Å². The zero-order chi connectivity index (χ0) is 24.6. The van der Waals surface area contributed by atoms with Crippen LogP contribution in [0.4, 0.5) is 8.78 Å². The fourth-order valence-corrected chi connectivity index (χ4v) is 5.34. The Morgan fingerprint density at radius 1 is 1.20 bits per heavy atom. The van der Waals surface area contributed by atoms with Gasteiger partial charge in [-0.1, -0.05) is 19.1 Å². The quantitative estimate of drug-likeness (QED) is 0.531. The fourth-order valence-electron chi connectivity index (χ4n) is 5.34. The van der Waals surface area contributed by atoms with Crippen LogP contribution in [0.5, 0.6) is 5.88 Å². The molecule has 192 valence electrons. The zero-order valence-electron chi connectivity index (χ0n) is 20.7. The van der Waals surface area contributed by atoms with Gasteiger partial charge in [0.05, 0.1) is 12.5 Å². The largest absolute Gasteiger partial charge is 0.472 e. The van der Waals surface area contributed by atoms with Crippen molar-refractivity contribution in [3.8, 4) is 5.88 Å². The summed E-state index contributed by atoms with van der Waals surface area (Å²) in [5.41, 5.74) is 3.20. The maximum Gasteiger partial charge on any atom is 0.272 e. The van der Waals surface area contributed by atoms with Crippen molar-refractivity contribution in [2.24, 2.45) is 10.9 Å². The molecule has 1 unspecified atom stereocenters. The molecule has 1 aromatic rings. The van der Waals surface area contributed by atoms with Crippen LogP contribution in [0, 0.1) is 5.92 Å². The molecule has 4 rings (SSSR count). The van der Waals surface area contributed by atoms with Gasteiger partial charge in [0.25, 0.3) is 6.43 Å². The van der Waals surface area contributed by atoms with Gasteiger partial charge in [-0.2, -0.15) is 0 Å². The predicted molar refractivity (Wildman–Crippen MR) is 133 cm³/mol. The van der Waals surface area contributed by atoms with Crippen molar-refractivity contribution >= 4 is 12.1 Å². The predicted octanol–water partition coefficient (Wildman–Crippen LogP) is 4.37. The van der Waals surface area contributed by atoms with Crippen molar-refractivity contribution in [3.05, 3.63) is 35.0 Å². The highest BCUT2D eigenvalue weighted by atomic mass is 19.3. The number of pyridine rings is 1. The number of hydrogen-bond donors (Lipinski definition) is 1. The van der Waals surface area contributed by atoms with Crippen molar-refractivity contribution in [1.29, 1.82) is 0 Å². The number of hydrogen-bond acceptors (Lipinski definition) is 5. The summed E-state index contributed by atoms with van der Waals surface area (Å²) >= 11 is 0. The van der Waals surface area contributed by atoms with Crippen LogP contribution >= 0.6 is 0 Å². The zero-order valence-corrected chi connectivity index (χ0v) is 20.7. The molecular weight excluding hydrogens is 450 g/mol. The van der Waals surface area contributed by atoms with Crippen LogP contribution in [0.15, 0.2) is 28.8 Å². The number of carbonyl (C=O) groups is 1. The molecule has 1 atom stereocenters. The van der Waals surface area contributed by atoms with Crippen molar-refractivity contribution < 1.29 is 18.3 Å². The van der Waals surface area contributed by atoms with Crippen LogP contribution in [-0.4, -0.2) is 66.8 Å². The summed E-state index contributed by atoms with van der Waals surface area (Å²) in [6.07, 6.45) is 10.2. The third-order valence-electron chi connectivity index (χ3n) is 7.45. The Morgan fingerprint density at radius 3 is 2.74 bits per heavy atom. The number of alkyl halides is 2. The summed E-state index contributed by atoms with van der Waals surface area (Å²) in [7, 11) is 0. The fraction of sp³-hybridized carbons (Fsp3) is 0.667. The van der Waals surface area contributed by atoms with E-state index in [2.05, 4.69) is 33.2 Å². The van der Waals surface area contributed by atoms with E-state index in [1.165, 1.54) is 12.0 Å². The summed E-state index contributed by atoms with van der Waals surface area (Å²) in [5.74, 6) is 1.11. The van der Waals surface area contributed by atoms with E-state index < -0.39 is 13.0 Å². The van der Waals surface area contributed by atoms with Gasteiger partial charge in [0, 0.05) is 43.5 Å².